The van der Waals surface area contributed by atoms with Gasteiger partial charge in [-0.05, 0) is 37.0 Å². The SMILES string of the molecule is CCC(=O)CC[C@@H]1/C(=C/[Si](C)(C)C)[C@H](CC(=O)O)CC[C@H]1C. The van der Waals surface area contributed by atoms with Gasteiger partial charge in [0.15, 0.2) is 0 Å². The molecular weight excluding hydrogens is 292 g/mol. The zero-order valence-corrected chi connectivity index (χ0v) is 15.8. The van der Waals surface area contributed by atoms with Crippen molar-refractivity contribution in [3.8, 4) is 0 Å². The summed E-state index contributed by atoms with van der Waals surface area (Å²) in [6.45, 7) is 11.1. The molecular formula is C18H32O3Si. The van der Waals surface area contributed by atoms with Crippen LogP contribution in [0, 0.1) is 17.8 Å². The number of ketones is 1. The normalized spacial score (nSPS) is 27.9. The van der Waals surface area contributed by atoms with E-state index in [0.29, 0.717) is 30.5 Å². The van der Waals surface area contributed by atoms with E-state index >= 15 is 0 Å². The molecule has 0 aromatic rings. The minimum absolute atomic E-state index is 0.169. The van der Waals surface area contributed by atoms with Gasteiger partial charge in [0, 0.05) is 12.8 Å². The smallest absolute Gasteiger partial charge is 0.303 e. The van der Waals surface area contributed by atoms with E-state index in [9.17, 15) is 14.7 Å². The fraction of sp³-hybridized carbons (Fsp3) is 0.778. The lowest BCUT2D eigenvalue weighted by molar-refractivity contribution is -0.138. The van der Waals surface area contributed by atoms with Gasteiger partial charge in [-0.15, -0.1) is 0 Å². The van der Waals surface area contributed by atoms with Gasteiger partial charge < -0.3 is 5.11 Å². The zero-order chi connectivity index (χ0) is 16.9. The van der Waals surface area contributed by atoms with Crippen LogP contribution >= 0.6 is 0 Å². The molecule has 0 unspecified atom stereocenters. The maximum Gasteiger partial charge on any atom is 0.303 e. The summed E-state index contributed by atoms with van der Waals surface area (Å²) < 4.78 is 0. The van der Waals surface area contributed by atoms with Gasteiger partial charge >= 0.3 is 5.97 Å². The Kier molecular flexibility index (Phi) is 7.04. The molecule has 0 aromatic carbocycles. The first-order chi connectivity index (χ1) is 10.1. The molecule has 1 fully saturated rings. The maximum atomic E-state index is 11.7. The van der Waals surface area contributed by atoms with Crippen molar-refractivity contribution in [3.63, 3.8) is 0 Å². The third-order valence-corrected chi connectivity index (χ3v) is 5.91. The minimum atomic E-state index is -1.41. The predicted molar refractivity (Wildman–Crippen MR) is 93.6 cm³/mol. The van der Waals surface area contributed by atoms with E-state index in [2.05, 4.69) is 32.3 Å². The van der Waals surface area contributed by atoms with Crippen LogP contribution in [0.25, 0.3) is 0 Å². The van der Waals surface area contributed by atoms with Crippen molar-refractivity contribution >= 4 is 19.8 Å². The van der Waals surface area contributed by atoms with Gasteiger partial charge in [0.25, 0.3) is 0 Å². The van der Waals surface area contributed by atoms with Crippen molar-refractivity contribution in [2.45, 2.75) is 72.0 Å². The number of carboxylic acids is 1. The number of hydrogen-bond acceptors (Lipinski definition) is 2. The second-order valence-electron chi connectivity index (χ2n) is 7.90. The van der Waals surface area contributed by atoms with E-state index in [1.165, 1.54) is 5.57 Å². The summed E-state index contributed by atoms with van der Waals surface area (Å²) in [7, 11) is -1.41. The van der Waals surface area contributed by atoms with Crippen molar-refractivity contribution in [2.24, 2.45) is 17.8 Å². The van der Waals surface area contributed by atoms with E-state index in [1.54, 1.807) is 0 Å². The highest BCUT2D eigenvalue weighted by Gasteiger charge is 2.34. The third kappa shape index (κ3) is 6.07. The van der Waals surface area contributed by atoms with Crippen LogP contribution in [0.1, 0.15) is 52.4 Å². The molecule has 126 valence electrons. The number of rotatable bonds is 7. The van der Waals surface area contributed by atoms with Crippen LogP contribution in [0.2, 0.25) is 19.6 Å². The van der Waals surface area contributed by atoms with Crippen LogP contribution in [-0.2, 0) is 9.59 Å². The molecule has 1 saturated carbocycles. The molecule has 0 bridgehead atoms. The molecule has 0 heterocycles. The lowest BCUT2D eigenvalue weighted by atomic mass is 9.69. The number of carbonyl (C=O) groups is 2. The summed E-state index contributed by atoms with van der Waals surface area (Å²) in [6, 6.07) is 0. The van der Waals surface area contributed by atoms with E-state index in [4.69, 9.17) is 0 Å². The second-order valence-corrected chi connectivity index (χ2v) is 12.9. The van der Waals surface area contributed by atoms with Crippen molar-refractivity contribution in [3.05, 3.63) is 11.3 Å². The van der Waals surface area contributed by atoms with Gasteiger partial charge in [-0.3, -0.25) is 9.59 Å². The van der Waals surface area contributed by atoms with Crippen LogP contribution < -0.4 is 0 Å². The average molecular weight is 325 g/mol. The lowest BCUT2D eigenvalue weighted by Gasteiger charge is -2.38. The number of carboxylic acid groups (broad SMARTS) is 1. The molecule has 1 aliphatic rings. The molecule has 1 aliphatic carbocycles. The first-order valence-corrected chi connectivity index (χ1v) is 12.2. The van der Waals surface area contributed by atoms with Gasteiger partial charge in [-0.25, -0.2) is 0 Å². The predicted octanol–water partition coefficient (Wildman–Crippen LogP) is 4.69. The van der Waals surface area contributed by atoms with E-state index < -0.39 is 14.0 Å². The summed E-state index contributed by atoms with van der Waals surface area (Å²) in [4.78, 5) is 22.9. The largest absolute Gasteiger partial charge is 0.481 e. The van der Waals surface area contributed by atoms with Crippen LogP contribution in [0.3, 0.4) is 0 Å². The number of aliphatic carboxylic acids is 1. The van der Waals surface area contributed by atoms with Gasteiger partial charge in [-0.2, -0.15) is 0 Å². The van der Waals surface area contributed by atoms with E-state index in [0.717, 1.165) is 19.3 Å². The molecule has 1 rings (SSSR count). The van der Waals surface area contributed by atoms with Gasteiger partial charge in [0.2, 0.25) is 0 Å². The highest BCUT2D eigenvalue weighted by Crippen LogP contribution is 2.43. The Morgan fingerprint density at radius 2 is 1.91 bits per heavy atom. The molecule has 3 nitrogen and oxygen atoms in total. The van der Waals surface area contributed by atoms with Gasteiger partial charge in [0.1, 0.15) is 5.78 Å². The Hall–Kier alpha value is -0.903. The summed E-state index contributed by atoms with van der Waals surface area (Å²) >= 11 is 0. The zero-order valence-electron chi connectivity index (χ0n) is 14.8. The molecule has 0 aliphatic heterocycles. The van der Waals surface area contributed by atoms with Crippen LogP contribution in [0.5, 0.6) is 0 Å². The summed E-state index contributed by atoms with van der Waals surface area (Å²) in [5, 5.41) is 9.22. The molecule has 4 heteroatoms. The topological polar surface area (TPSA) is 54.4 Å². The Morgan fingerprint density at radius 3 is 2.41 bits per heavy atom. The number of hydrogen-bond donors (Lipinski definition) is 1. The van der Waals surface area contributed by atoms with E-state index in [-0.39, 0.29) is 12.3 Å². The summed E-state index contributed by atoms with van der Waals surface area (Å²) in [5.41, 5.74) is 3.77. The quantitative estimate of drug-likeness (QED) is 0.691. The fourth-order valence-corrected chi connectivity index (χ4v) is 5.01. The van der Waals surface area contributed by atoms with Crippen molar-refractivity contribution in [2.75, 3.05) is 0 Å². The molecule has 0 amide bonds. The van der Waals surface area contributed by atoms with Crippen molar-refractivity contribution < 1.29 is 14.7 Å². The van der Waals surface area contributed by atoms with Crippen molar-refractivity contribution in [1.29, 1.82) is 0 Å². The number of carbonyl (C=O) groups excluding carboxylic acids is 1. The Bertz CT molecular complexity index is 434. The average Bonchev–Trinajstić information content (AvgIpc) is 2.39. The Labute approximate surface area is 136 Å². The molecule has 3 atom stereocenters. The summed E-state index contributed by atoms with van der Waals surface area (Å²) in [5.74, 6) is 0.726. The highest BCUT2D eigenvalue weighted by molar-refractivity contribution is 6.81. The molecule has 1 N–H and O–H groups in total. The monoisotopic (exact) mass is 324 g/mol. The first-order valence-electron chi connectivity index (χ1n) is 8.60. The van der Waals surface area contributed by atoms with E-state index in [1.807, 2.05) is 6.92 Å². The molecule has 0 spiro atoms. The van der Waals surface area contributed by atoms with Crippen molar-refractivity contribution in [1.82, 2.24) is 0 Å². The van der Waals surface area contributed by atoms with Crippen LogP contribution in [0.15, 0.2) is 11.3 Å². The Balaban J connectivity index is 3.02. The van der Waals surface area contributed by atoms with Crippen LogP contribution in [0.4, 0.5) is 0 Å². The third-order valence-electron chi connectivity index (χ3n) is 4.71. The highest BCUT2D eigenvalue weighted by atomic mass is 28.3. The molecule has 0 radical (unpaired) electrons. The minimum Gasteiger partial charge on any atom is -0.481 e. The molecule has 0 aromatic heterocycles. The molecule has 22 heavy (non-hydrogen) atoms. The fourth-order valence-electron chi connectivity index (χ4n) is 3.56. The number of Topliss-reactive ketones (excluding diaryl/α,β-unsaturated/α-hetero) is 1. The van der Waals surface area contributed by atoms with Gasteiger partial charge in [-0.1, -0.05) is 44.8 Å². The lowest BCUT2D eigenvalue weighted by Crippen LogP contribution is -2.31. The molecule has 0 saturated heterocycles. The second kappa shape index (κ2) is 8.09. The first kappa shape index (κ1) is 19.1. The number of allylic oxidation sites excluding steroid dienone is 1. The summed E-state index contributed by atoms with van der Waals surface area (Å²) in [6.07, 6.45) is 4.41. The van der Waals surface area contributed by atoms with Gasteiger partial charge in [0.05, 0.1) is 14.5 Å². The standard InChI is InChI=1S/C18H32O3Si/c1-6-15(19)9-10-16-13(2)7-8-14(11-18(20)21)17(16)12-22(3,4)5/h12-14,16H,6-11H2,1-5H3,(H,20,21)/b17-12+/t13-,14+,16+/m1/s1. The Morgan fingerprint density at radius 1 is 1.27 bits per heavy atom. The maximum absolute atomic E-state index is 11.7. The van der Waals surface area contributed by atoms with Crippen LogP contribution in [-0.4, -0.2) is 24.9 Å².